The number of carbonyl (C=O) groups excluding carboxylic acids is 1. The van der Waals surface area contributed by atoms with Crippen LogP contribution in [0, 0.1) is 10.1 Å². The second kappa shape index (κ2) is 7.53. The van der Waals surface area contributed by atoms with E-state index in [0.29, 0.717) is 5.56 Å². The average Bonchev–Trinajstić information content (AvgIpc) is 3.30. The minimum atomic E-state index is -0.868. The Morgan fingerprint density at radius 3 is 2.85 bits per heavy atom. The van der Waals surface area contributed by atoms with E-state index in [2.05, 4.69) is 20.6 Å². The number of rotatable bonds is 7. The average molecular weight is 358 g/mol. The van der Waals surface area contributed by atoms with Gasteiger partial charge in [-0.15, -0.1) is 0 Å². The van der Waals surface area contributed by atoms with Crippen LogP contribution < -0.4 is 5.32 Å². The van der Waals surface area contributed by atoms with Crippen LogP contribution in [0.4, 0.5) is 5.69 Å². The van der Waals surface area contributed by atoms with Crippen molar-refractivity contribution in [2.24, 2.45) is 0 Å². The highest BCUT2D eigenvalue weighted by Crippen LogP contribution is 2.11. The Morgan fingerprint density at radius 2 is 2.15 bits per heavy atom. The first kappa shape index (κ1) is 17.2. The molecular weight excluding hydrogens is 344 g/mol. The number of hydrogen-bond donors (Lipinski definition) is 2. The van der Waals surface area contributed by atoms with Gasteiger partial charge in [0, 0.05) is 6.54 Å². The van der Waals surface area contributed by atoms with Crippen LogP contribution >= 0.6 is 0 Å². The molecule has 0 aliphatic rings. The predicted molar refractivity (Wildman–Crippen MR) is 86.0 cm³/mol. The van der Waals surface area contributed by atoms with Crippen LogP contribution in [0.5, 0.6) is 0 Å². The summed E-state index contributed by atoms with van der Waals surface area (Å²) >= 11 is 0. The number of nitro groups is 1. The molecule has 0 bridgehead atoms. The van der Waals surface area contributed by atoms with Gasteiger partial charge in [-0.1, -0.05) is 35.5 Å². The van der Waals surface area contributed by atoms with Crippen molar-refractivity contribution >= 4 is 11.6 Å². The van der Waals surface area contributed by atoms with Crippen molar-refractivity contribution in [3.8, 4) is 0 Å². The molecule has 0 saturated carbocycles. The molecule has 3 rings (SSSR count). The Bertz CT molecular complexity index is 906. The van der Waals surface area contributed by atoms with Gasteiger partial charge in [0.2, 0.25) is 0 Å². The molecule has 0 unspecified atom stereocenters. The summed E-state index contributed by atoms with van der Waals surface area (Å²) in [6.07, 6.45) is 1.44. The molecule has 3 aromatic rings. The molecule has 26 heavy (non-hydrogen) atoms. The lowest BCUT2D eigenvalue weighted by molar-refractivity contribution is -0.385. The second-order valence-corrected chi connectivity index (χ2v) is 5.31. The third-order valence-electron chi connectivity index (χ3n) is 3.44. The summed E-state index contributed by atoms with van der Waals surface area (Å²) in [5.41, 5.74) is 0.501. The minimum Gasteiger partial charge on any atom is -0.387 e. The Balaban J connectivity index is 1.56. The van der Waals surface area contributed by atoms with Gasteiger partial charge in [-0.25, -0.2) is 0 Å². The zero-order chi connectivity index (χ0) is 18.5. The molecule has 0 aliphatic carbocycles. The molecule has 11 nitrogen and oxygen atoms in total. The molecule has 0 radical (unpaired) electrons. The first-order valence-corrected chi connectivity index (χ1v) is 7.53. The van der Waals surface area contributed by atoms with E-state index < -0.39 is 16.9 Å². The number of aliphatic hydroxyl groups is 1. The third kappa shape index (κ3) is 4.08. The van der Waals surface area contributed by atoms with Crippen molar-refractivity contribution in [3.63, 3.8) is 0 Å². The van der Waals surface area contributed by atoms with Crippen molar-refractivity contribution in [1.82, 2.24) is 25.2 Å². The lowest BCUT2D eigenvalue weighted by atomic mass is 10.1. The third-order valence-corrected chi connectivity index (χ3v) is 3.44. The van der Waals surface area contributed by atoms with Crippen LogP contribution in [0.2, 0.25) is 0 Å². The van der Waals surface area contributed by atoms with Gasteiger partial charge in [0.15, 0.2) is 5.82 Å². The van der Waals surface area contributed by atoms with Gasteiger partial charge in [-0.3, -0.25) is 19.6 Å². The molecular formula is C15H14N6O5. The highest BCUT2D eigenvalue weighted by atomic mass is 16.6. The number of nitrogens with zero attached hydrogens (tertiary/aromatic N) is 5. The normalized spacial score (nSPS) is 11.9. The summed E-state index contributed by atoms with van der Waals surface area (Å²) in [6.45, 7) is -0.0107. The van der Waals surface area contributed by atoms with E-state index in [0.717, 1.165) is 6.20 Å². The summed E-state index contributed by atoms with van der Waals surface area (Å²) in [7, 11) is 0. The number of amides is 1. The quantitative estimate of drug-likeness (QED) is 0.462. The molecule has 0 saturated heterocycles. The summed E-state index contributed by atoms with van der Waals surface area (Å²) < 4.78 is 6.11. The summed E-state index contributed by atoms with van der Waals surface area (Å²) in [4.78, 5) is 26.0. The zero-order valence-corrected chi connectivity index (χ0v) is 13.3. The van der Waals surface area contributed by atoms with Crippen molar-refractivity contribution in [3.05, 3.63) is 70.1 Å². The molecule has 2 aromatic heterocycles. The van der Waals surface area contributed by atoms with Crippen molar-refractivity contribution in [2.45, 2.75) is 12.6 Å². The van der Waals surface area contributed by atoms with Crippen LogP contribution in [-0.2, 0) is 6.54 Å². The number of aliphatic hydroxyl groups excluding tert-OH is 1. The standard InChI is InChI=1S/C15H14N6O5/c22-12(10-4-2-1-3-5-10)7-16-14(23)15-18-13(19-26-15)9-20-8-11(6-17-20)21(24)25/h1-6,8,12,22H,7,9H2,(H,16,23)/t12-/m0/s1. The fraction of sp³-hybridized carbons (Fsp3) is 0.200. The van der Waals surface area contributed by atoms with Gasteiger partial charge in [-0.05, 0) is 5.56 Å². The zero-order valence-electron chi connectivity index (χ0n) is 13.3. The van der Waals surface area contributed by atoms with E-state index in [-0.39, 0.29) is 30.5 Å². The van der Waals surface area contributed by atoms with Gasteiger partial charge in [0.25, 0.3) is 0 Å². The van der Waals surface area contributed by atoms with Gasteiger partial charge in [0.1, 0.15) is 18.9 Å². The number of benzene rings is 1. The molecule has 134 valence electrons. The van der Waals surface area contributed by atoms with Crippen LogP contribution in [0.1, 0.15) is 28.2 Å². The first-order chi connectivity index (χ1) is 12.5. The van der Waals surface area contributed by atoms with Crippen LogP contribution in [0.25, 0.3) is 0 Å². The highest BCUT2D eigenvalue weighted by molar-refractivity contribution is 5.89. The maximum Gasteiger partial charge on any atom is 0.316 e. The molecule has 11 heteroatoms. The lowest BCUT2D eigenvalue weighted by Gasteiger charge is -2.10. The minimum absolute atomic E-state index is 0.0112. The topological polar surface area (TPSA) is 149 Å². The molecule has 1 amide bonds. The first-order valence-electron chi connectivity index (χ1n) is 7.53. The van der Waals surface area contributed by atoms with Gasteiger partial charge in [-0.2, -0.15) is 10.1 Å². The van der Waals surface area contributed by atoms with E-state index >= 15 is 0 Å². The fourth-order valence-corrected chi connectivity index (χ4v) is 2.15. The van der Waals surface area contributed by atoms with Crippen molar-refractivity contribution in [1.29, 1.82) is 0 Å². The van der Waals surface area contributed by atoms with E-state index in [1.165, 1.54) is 10.9 Å². The Hall–Kier alpha value is -3.60. The van der Waals surface area contributed by atoms with E-state index in [9.17, 15) is 20.0 Å². The van der Waals surface area contributed by atoms with Crippen LogP contribution in [0.3, 0.4) is 0 Å². The number of hydrogen-bond acceptors (Lipinski definition) is 8. The van der Waals surface area contributed by atoms with E-state index in [4.69, 9.17) is 4.52 Å². The van der Waals surface area contributed by atoms with Gasteiger partial charge in [0.05, 0.1) is 11.0 Å². The molecule has 0 fully saturated rings. The molecule has 2 N–H and O–H groups in total. The monoisotopic (exact) mass is 358 g/mol. The number of carbonyl (C=O) groups is 1. The molecule has 0 spiro atoms. The Kier molecular flexibility index (Phi) is 4.99. The number of aromatic nitrogens is 4. The summed E-state index contributed by atoms with van der Waals surface area (Å²) in [5.74, 6) is -0.774. The maximum absolute atomic E-state index is 12.0. The Labute approximate surface area is 146 Å². The van der Waals surface area contributed by atoms with Crippen LogP contribution in [0.15, 0.2) is 47.2 Å². The Morgan fingerprint density at radius 1 is 1.38 bits per heavy atom. The van der Waals surface area contributed by atoms with E-state index in [1.54, 1.807) is 24.3 Å². The fourth-order valence-electron chi connectivity index (χ4n) is 2.15. The van der Waals surface area contributed by atoms with Gasteiger partial charge < -0.3 is 14.9 Å². The summed E-state index contributed by atoms with van der Waals surface area (Å²) in [6, 6.07) is 8.87. The lowest BCUT2D eigenvalue weighted by Crippen LogP contribution is -2.28. The van der Waals surface area contributed by atoms with Crippen molar-refractivity contribution < 1.29 is 19.3 Å². The maximum atomic E-state index is 12.0. The molecule has 2 heterocycles. The van der Waals surface area contributed by atoms with Gasteiger partial charge >= 0.3 is 17.5 Å². The summed E-state index contributed by atoms with van der Waals surface area (Å²) in [5, 5.41) is 30.6. The number of nitrogens with one attached hydrogen (secondary N) is 1. The SMILES string of the molecule is O=C(NC[C@H](O)c1ccccc1)c1nc(Cn2cc([N+](=O)[O-])cn2)no1. The predicted octanol–water partition coefficient (Wildman–Crippen LogP) is 0.686. The highest BCUT2D eigenvalue weighted by Gasteiger charge is 2.18. The van der Waals surface area contributed by atoms with E-state index in [1.807, 2.05) is 6.07 Å². The van der Waals surface area contributed by atoms with Crippen LogP contribution in [-0.4, -0.2) is 42.4 Å². The molecule has 1 aromatic carbocycles. The largest absolute Gasteiger partial charge is 0.387 e. The second-order valence-electron chi connectivity index (χ2n) is 5.31. The smallest absolute Gasteiger partial charge is 0.316 e. The van der Waals surface area contributed by atoms with Crippen molar-refractivity contribution in [2.75, 3.05) is 6.54 Å². The molecule has 0 aliphatic heterocycles. The molecule has 1 atom stereocenters.